The molecule has 10 nitrogen and oxygen atoms in total. The van der Waals surface area contributed by atoms with Crippen molar-refractivity contribution in [2.24, 2.45) is 5.92 Å². The van der Waals surface area contributed by atoms with Gasteiger partial charge in [-0.25, -0.2) is 14.2 Å². The molecule has 0 radical (unpaired) electrons. The van der Waals surface area contributed by atoms with Crippen LogP contribution in [0.25, 0.3) is 16.9 Å². The lowest BCUT2D eigenvalue weighted by Gasteiger charge is -2.27. The summed E-state index contributed by atoms with van der Waals surface area (Å²) >= 11 is 0. The van der Waals surface area contributed by atoms with E-state index in [0.29, 0.717) is 47.7 Å². The molecule has 2 saturated heterocycles. The first-order valence-electron chi connectivity index (χ1n) is 11.7. The second-order valence-corrected chi connectivity index (χ2v) is 8.48. The maximum Gasteiger partial charge on any atom is 0.490 e. The van der Waals surface area contributed by atoms with Crippen LogP contribution in [-0.4, -0.2) is 82.8 Å². The van der Waals surface area contributed by atoms with E-state index in [2.05, 4.69) is 15.2 Å². The Hall–Kier alpha value is -3.52. The summed E-state index contributed by atoms with van der Waals surface area (Å²) in [6, 6.07) is 6.44. The van der Waals surface area contributed by atoms with Crippen LogP contribution in [0.5, 0.6) is 0 Å². The Balaban J connectivity index is 0.000000405. The number of carboxylic acid groups (broad SMARTS) is 1. The van der Waals surface area contributed by atoms with E-state index < -0.39 is 12.1 Å². The molecule has 2 aliphatic rings. The van der Waals surface area contributed by atoms with E-state index >= 15 is 0 Å². The lowest BCUT2D eigenvalue weighted by molar-refractivity contribution is -0.192. The number of aromatic nitrogens is 4. The number of morpholine rings is 1. The van der Waals surface area contributed by atoms with Crippen LogP contribution in [0.15, 0.2) is 30.6 Å². The summed E-state index contributed by atoms with van der Waals surface area (Å²) in [6.45, 7) is 5.19. The van der Waals surface area contributed by atoms with Crippen LogP contribution in [0.1, 0.15) is 12.8 Å². The van der Waals surface area contributed by atoms with Crippen molar-refractivity contribution in [1.29, 1.82) is 0 Å². The van der Waals surface area contributed by atoms with Crippen molar-refractivity contribution in [3.63, 3.8) is 0 Å². The van der Waals surface area contributed by atoms with Crippen LogP contribution in [0, 0.1) is 11.7 Å². The number of halogens is 4. The lowest BCUT2D eigenvalue weighted by atomic mass is 10.0. The SMILES string of the molecule is Fc1cccc(-n2cnc3c(NCC4CCOCC4)nc(N4CCOCC4)nc32)c1.O=C(O)C(F)(F)F. The zero-order chi connectivity index (χ0) is 26.4. The van der Waals surface area contributed by atoms with E-state index in [9.17, 15) is 17.6 Å². The van der Waals surface area contributed by atoms with Crippen molar-refractivity contribution in [2.75, 3.05) is 56.3 Å². The zero-order valence-corrected chi connectivity index (χ0v) is 19.7. The summed E-state index contributed by atoms with van der Waals surface area (Å²) in [5.74, 6) is -1.16. The third-order valence-corrected chi connectivity index (χ3v) is 5.91. The highest BCUT2D eigenvalue weighted by atomic mass is 19.4. The number of aliphatic carboxylic acids is 1. The maximum atomic E-state index is 13.8. The second-order valence-electron chi connectivity index (χ2n) is 8.48. The Morgan fingerprint density at radius 2 is 1.78 bits per heavy atom. The third-order valence-electron chi connectivity index (χ3n) is 5.91. The first kappa shape index (κ1) is 26.5. The fraction of sp³-hybridized carbons (Fsp3) is 0.478. The van der Waals surface area contributed by atoms with Crippen LogP contribution in [0.4, 0.5) is 29.3 Å². The van der Waals surface area contributed by atoms with Gasteiger partial charge in [-0.05, 0) is 37.0 Å². The maximum absolute atomic E-state index is 13.8. The summed E-state index contributed by atoms with van der Waals surface area (Å²) in [5, 5.41) is 10.6. The predicted molar refractivity (Wildman–Crippen MR) is 125 cm³/mol. The molecule has 4 heterocycles. The Morgan fingerprint density at radius 1 is 1.11 bits per heavy atom. The van der Waals surface area contributed by atoms with Crippen LogP contribution in [0.2, 0.25) is 0 Å². The van der Waals surface area contributed by atoms with Gasteiger partial charge in [0.15, 0.2) is 17.0 Å². The fourth-order valence-corrected chi connectivity index (χ4v) is 3.92. The van der Waals surface area contributed by atoms with Crippen LogP contribution >= 0.6 is 0 Å². The van der Waals surface area contributed by atoms with Gasteiger partial charge in [-0.1, -0.05) is 6.07 Å². The highest BCUT2D eigenvalue weighted by Gasteiger charge is 2.38. The molecular formula is C23H26F4N6O4. The first-order valence-corrected chi connectivity index (χ1v) is 11.7. The largest absolute Gasteiger partial charge is 0.490 e. The highest BCUT2D eigenvalue weighted by molar-refractivity contribution is 5.85. The monoisotopic (exact) mass is 526 g/mol. The molecule has 200 valence electrons. The van der Waals surface area contributed by atoms with Gasteiger partial charge in [0.05, 0.1) is 18.9 Å². The molecule has 2 N–H and O–H groups in total. The molecule has 3 aromatic rings. The Kier molecular flexibility index (Phi) is 8.38. The van der Waals surface area contributed by atoms with Crippen LogP contribution in [-0.2, 0) is 14.3 Å². The van der Waals surface area contributed by atoms with E-state index in [1.165, 1.54) is 12.1 Å². The minimum atomic E-state index is -5.08. The molecule has 1 aromatic carbocycles. The molecule has 2 aromatic heterocycles. The molecular weight excluding hydrogens is 500 g/mol. The van der Waals surface area contributed by atoms with Gasteiger partial charge in [-0.2, -0.15) is 23.1 Å². The number of hydrogen-bond donors (Lipinski definition) is 2. The molecule has 0 unspecified atom stereocenters. The summed E-state index contributed by atoms with van der Waals surface area (Å²) in [5.41, 5.74) is 2.02. The number of fused-ring (bicyclic) bond motifs is 1. The number of carboxylic acids is 1. The summed E-state index contributed by atoms with van der Waals surface area (Å²) in [7, 11) is 0. The van der Waals surface area contributed by atoms with Crippen LogP contribution < -0.4 is 10.2 Å². The number of hydrogen-bond acceptors (Lipinski definition) is 8. The van der Waals surface area contributed by atoms with Gasteiger partial charge in [-0.15, -0.1) is 0 Å². The molecule has 0 saturated carbocycles. The summed E-state index contributed by atoms with van der Waals surface area (Å²) in [6.07, 6.45) is -1.33. The van der Waals surface area contributed by atoms with Gasteiger partial charge < -0.3 is 24.8 Å². The number of benzene rings is 1. The lowest BCUT2D eigenvalue weighted by Crippen LogP contribution is -2.37. The highest BCUT2D eigenvalue weighted by Crippen LogP contribution is 2.26. The average Bonchev–Trinajstić information content (AvgIpc) is 3.32. The van der Waals surface area contributed by atoms with Gasteiger partial charge >= 0.3 is 12.1 Å². The fourth-order valence-electron chi connectivity index (χ4n) is 3.92. The smallest absolute Gasteiger partial charge is 0.475 e. The van der Waals surface area contributed by atoms with Crippen molar-refractivity contribution in [3.05, 3.63) is 36.4 Å². The second kappa shape index (κ2) is 11.7. The van der Waals surface area contributed by atoms with Crippen molar-refractivity contribution in [1.82, 2.24) is 19.5 Å². The van der Waals surface area contributed by atoms with E-state index in [-0.39, 0.29) is 5.82 Å². The minimum absolute atomic E-state index is 0.297. The summed E-state index contributed by atoms with van der Waals surface area (Å²) in [4.78, 5) is 25.2. The standard InChI is InChI=1S/C21H25FN6O2.C2HF3O2/c22-16-2-1-3-17(12-16)28-14-24-18-19(23-13-15-4-8-29-9-5-15)25-21(26-20(18)28)27-6-10-30-11-7-27;3-2(4,5)1(6)7/h1-3,12,14-15H,4-11,13H2,(H,23,25,26);(H,6,7). The van der Waals surface area contributed by atoms with E-state index in [4.69, 9.17) is 29.3 Å². The van der Waals surface area contributed by atoms with Crippen molar-refractivity contribution in [2.45, 2.75) is 19.0 Å². The molecule has 2 aliphatic heterocycles. The molecule has 0 aliphatic carbocycles. The zero-order valence-electron chi connectivity index (χ0n) is 19.7. The van der Waals surface area contributed by atoms with Gasteiger partial charge in [0, 0.05) is 32.8 Å². The van der Waals surface area contributed by atoms with Gasteiger partial charge in [0.1, 0.15) is 12.1 Å². The Bertz CT molecular complexity index is 1210. The molecule has 2 fully saturated rings. The normalized spacial score (nSPS) is 16.8. The number of rotatable bonds is 5. The molecule has 14 heteroatoms. The topological polar surface area (TPSA) is 115 Å². The van der Waals surface area contributed by atoms with Gasteiger partial charge in [0.25, 0.3) is 0 Å². The number of anilines is 2. The number of ether oxygens (including phenoxy) is 2. The molecule has 0 spiro atoms. The van der Waals surface area contributed by atoms with Crippen molar-refractivity contribution >= 4 is 28.9 Å². The van der Waals surface area contributed by atoms with Crippen molar-refractivity contribution < 1.29 is 36.9 Å². The van der Waals surface area contributed by atoms with Crippen LogP contribution in [0.3, 0.4) is 0 Å². The quantitative estimate of drug-likeness (QED) is 0.484. The number of carbonyl (C=O) groups is 1. The number of alkyl halides is 3. The van der Waals surface area contributed by atoms with Gasteiger partial charge in [0.2, 0.25) is 5.95 Å². The predicted octanol–water partition coefficient (Wildman–Crippen LogP) is 3.26. The molecule has 0 atom stereocenters. The Labute approximate surface area is 209 Å². The average molecular weight is 526 g/mol. The minimum Gasteiger partial charge on any atom is -0.475 e. The molecule has 0 bridgehead atoms. The van der Waals surface area contributed by atoms with Crippen molar-refractivity contribution in [3.8, 4) is 5.69 Å². The van der Waals surface area contributed by atoms with E-state index in [1.54, 1.807) is 12.4 Å². The third kappa shape index (κ3) is 6.83. The molecule has 0 amide bonds. The summed E-state index contributed by atoms with van der Waals surface area (Å²) < 4.78 is 58.3. The van der Waals surface area contributed by atoms with E-state index in [0.717, 1.165) is 45.7 Å². The number of nitrogens with one attached hydrogen (secondary N) is 1. The number of imidazole rings is 1. The van der Waals surface area contributed by atoms with E-state index in [1.807, 2.05) is 10.6 Å². The molecule has 5 rings (SSSR count). The molecule has 37 heavy (non-hydrogen) atoms. The number of nitrogens with zero attached hydrogens (tertiary/aromatic N) is 5. The Morgan fingerprint density at radius 3 is 2.43 bits per heavy atom. The van der Waals surface area contributed by atoms with Gasteiger partial charge in [-0.3, -0.25) is 4.57 Å². The first-order chi connectivity index (χ1) is 17.7.